The van der Waals surface area contributed by atoms with E-state index in [4.69, 9.17) is 4.52 Å². The lowest BCUT2D eigenvalue weighted by atomic mass is 10.1. The highest BCUT2D eigenvalue weighted by atomic mass is 32.2. The predicted octanol–water partition coefficient (Wildman–Crippen LogP) is 2.80. The molecule has 1 N–H and O–H groups in total. The number of rotatable bonds is 6. The molecule has 8 heteroatoms. The van der Waals surface area contributed by atoms with Gasteiger partial charge in [-0.2, -0.15) is 0 Å². The first-order chi connectivity index (χ1) is 13.1. The topological polar surface area (TPSA) is 88.3 Å². The van der Waals surface area contributed by atoms with Crippen LogP contribution in [0.5, 0.6) is 0 Å². The first-order valence-corrected chi connectivity index (χ1v) is 9.49. The van der Waals surface area contributed by atoms with Crippen molar-refractivity contribution in [1.82, 2.24) is 15.5 Å². The number of carbonyl (C=O) groups is 2. The maximum Gasteiger partial charge on any atom is 0.286 e. The average molecular weight is 382 g/mol. The maximum atomic E-state index is 11.7. The minimum atomic E-state index is -0.385. The SMILES string of the molecule is CN(CCc1noc2cc(CC3SC(=O)NC3=O)ccc12)c1ccccn1. The molecule has 0 radical (unpaired) electrons. The molecule has 0 aliphatic carbocycles. The summed E-state index contributed by atoms with van der Waals surface area (Å²) in [6.07, 6.45) is 2.99. The molecule has 4 rings (SSSR count). The Morgan fingerprint density at radius 3 is 2.89 bits per heavy atom. The molecule has 1 fully saturated rings. The number of pyridine rings is 1. The summed E-state index contributed by atoms with van der Waals surface area (Å²) in [7, 11) is 1.99. The van der Waals surface area contributed by atoms with Crippen LogP contribution < -0.4 is 10.2 Å². The second-order valence-corrected chi connectivity index (χ2v) is 7.58. The molecule has 7 nitrogen and oxygen atoms in total. The lowest BCUT2D eigenvalue weighted by Gasteiger charge is -2.16. The molecule has 1 aromatic carbocycles. The number of imide groups is 1. The third-order valence-electron chi connectivity index (χ3n) is 4.52. The van der Waals surface area contributed by atoms with E-state index in [-0.39, 0.29) is 16.4 Å². The van der Waals surface area contributed by atoms with E-state index in [1.54, 1.807) is 6.20 Å². The Balaban J connectivity index is 1.44. The Kier molecular flexibility index (Phi) is 4.81. The average Bonchev–Trinajstić information content (AvgIpc) is 3.22. The molecular weight excluding hydrogens is 364 g/mol. The highest BCUT2D eigenvalue weighted by Gasteiger charge is 2.31. The van der Waals surface area contributed by atoms with Crippen LogP contribution in [0.25, 0.3) is 11.0 Å². The normalized spacial score (nSPS) is 16.7. The highest BCUT2D eigenvalue weighted by molar-refractivity contribution is 8.15. The van der Waals surface area contributed by atoms with Crippen molar-refractivity contribution in [2.75, 3.05) is 18.5 Å². The van der Waals surface area contributed by atoms with E-state index >= 15 is 0 Å². The van der Waals surface area contributed by atoms with Crippen molar-refractivity contribution in [3.63, 3.8) is 0 Å². The van der Waals surface area contributed by atoms with Crippen molar-refractivity contribution >= 4 is 39.7 Å². The Morgan fingerprint density at radius 2 is 2.15 bits per heavy atom. The van der Waals surface area contributed by atoms with Crippen LogP contribution in [-0.2, 0) is 17.6 Å². The fraction of sp³-hybridized carbons (Fsp3) is 0.263. The number of carbonyl (C=O) groups excluding carboxylic acids is 2. The fourth-order valence-corrected chi connectivity index (χ4v) is 3.91. The van der Waals surface area contributed by atoms with Crippen molar-refractivity contribution in [3.8, 4) is 0 Å². The Morgan fingerprint density at radius 1 is 1.26 bits per heavy atom. The van der Waals surface area contributed by atoms with Gasteiger partial charge in [-0.1, -0.05) is 29.1 Å². The van der Waals surface area contributed by atoms with Crippen LogP contribution in [0.1, 0.15) is 11.3 Å². The molecule has 0 saturated carbocycles. The lowest BCUT2D eigenvalue weighted by Crippen LogP contribution is -2.25. The zero-order valence-electron chi connectivity index (χ0n) is 14.7. The van der Waals surface area contributed by atoms with E-state index in [1.807, 2.05) is 43.4 Å². The van der Waals surface area contributed by atoms with Gasteiger partial charge in [-0.05, 0) is 36.2 Å². The number of fused-ring (bicyclic) bond motifs is 1. The molecule has 138 valence electrons. The summed E-state index contributed by atoms with van der Waals surface area (Å²) in [6.45, 7) is 0.765. The smallest absolute Gasteiger partial charge is 0.286 e. The Labute approximate surface area is 160 Å². The fourth-order valence-electron chi connectivity index (χ4n) is 3.05. The van der Waals surface area contributed by atoms with Gasteiger partial charge in [0.15, 0.2) is 5.58 Å². The van der Waals surface area contributed by atoms with Gasteiger partial charge in [0.25, 0.3) is 5.24 Å². The van der Waals surface area contributed by atoms with Gasteiger partial charge < -0.3 is 9.42 Å². The number of amides is 2. The van der Waals surface area contributed by atoms with Crippen LogP contribution in [0.3, 0.4) is 0 Å². The molecule has 0 spiro atoms. The van der Waals surface area contributed by atoms with Crippen LogP contribution in [0.15, 0.2) is 47.1 Å². The monoisotopic (exact) mass is 382 g/mol. The molecule has 2 aromatic heterocycles. The summed E-state index contributed by atoms with van der Waals surface area (Å²) >= 11 is 1.03. The van der Waals surface area contributed by atoms with Gasteiger partial charge in [-0.15, -0.1) is 0 Å². The number of hydrogen-bond acceptors (Lipinski definition) is 7. The van der Waals surface area contributed by atoms with Gasteiger partial charge in [0.05, 0.1) is 10.9 Å². The summed E-state index contributed by atoms with van der Waals surface area (Å²) < 4.78 is 5.48. The third kappa shape index (κ3) is 3.80. The van der Waals surface area contributed by atoms with E-state index in [0.717, 1.165) is 47.2 Å². The number of benzene rings is 1. The standard InChI is InChI=1S/C19H18N4O3S/c1-23(17-4-2-3-8-20-17)9-7-14-13-6-5-12(10-15(13)26-22-14)11-16-18(24)21-19(25)27-16/h2-6,8,10,16H,7,9,11H2,1H3,(H,21,24,25). The quantitative estimate of drug-likeness (QED) is 0.701. The summed E-state index contributed by atoms with van der Waals surface area (Å²) in [5, 5.41) is 6.80. The van der Waals surface area contributed by atoms with E-state index in [0.29, 0.717) is 12.0 Å². The zero-order chi connectivity index (χ0) is 18.8. The number of aromatic nitrogens is 2. The second-order valence-electron chi connectivity index (χ2n) is 6.41. The molecule has 0 bridgehead atoms. The molecule has 3 aromatic rings. The number of nitrogens with one attached hydrogen (secondary N) is 1. The van der Waals surface area contributed by atoms with Crippen molar-refractivity contribution in [2.24, 2.45) is 0 Å². The van der Waals surface area contributed by atoms with Crippen molar-refractivity contribution in [2.45, 2.75) is 18.1 Å². The largest absolute Gasteiger partial charge is 0.359 e. The molecular formula is C19H18N4O3S. The number of anilines is 1. The van der Waals surface area contributed by atoms with Crippen molar-refractivity contribution in [3.05, 3.63) is 53.9 Å². The minimum absolute atomic E-state index is 0.235. The first kappa shape index (κ1) is 17.5. The molecule has 27 heavy (non-hydrogen) atoms. The molecule has 1 aliphatic rings. The Bertz CT molecular complexity index is 989. The van der Waals surface area contributed by atoms with E-state index in [2.05, 4.69) is 20.4 Å². The van der Waals surface area contributed by atoms with Crippen molar-refractivity contribution < 1.29 is 14.1 Å². The molecule has 3 heterocycles. The molecule has 1 saturated heterocycles. The zero-order valence-corrected chi connectivity index (χ0v) is 15.5. The second kappa shape index (κ2) is 7.40. The van der Waals surface area contributed by atoms with Gasteiger partial charge in [0.1, 0.15) is 5.82 Å². The van der Waals surface area contributed by atoms with E-state index < -0.39 is 0 Å². The lowest BCUT2D eigenvalue weighted by molar-refractivity contribution is -0.118. The van der Waals surface area contributed by atoms with Gasteiger partial charge in [-0.3, -0.25) is 14.9 Å². The minimum Gasteiger partial charge on any atom is -0.359 e. The summed E-state index contributed by atoms with van der Waals surface area (Å²) in [5.74, 6) is 0.676. The van der Waals surface area contributed by atoms with Gasteiger partial charge >= 0.3 is 0 Å². The molecule has 1 aliphatic heterocycles. The maximum absolute atomic E-state index is 11.7. The summed E-state index contributed by atoms with van der Waals surface area (Å²) in [4.78, 5) is 29.4. The first-order valence-electron chi connectivity index (χ1n) is 8.61. The number of likely N-dealkylation sites (N-methyl/N-ethyl adjacent to an activating group) is 1. The summed E-state index contributed by atoms with van der Waals surface area (Å²) in [6, 6.07) is 11.6. The number of nitrogens with zero attached hydrogens (tertiary/aromatic N) is 3. The van der Waals surface area contributed by atoms with Crippen LogP contribution >= 0.6 is 11.8 Å². The number of hydrogen-bond donors (Lipinski definition) is 1. The number of thioether (sulfide) groups is 1. The van der Waals surface area contributed by atoms with Gasteiger partial charge in [0, 0.05) is 31.6 Å². The van der Waals surface area contributed by atoms with Crippen LogP contribution in [0.2, 0.25) is 0 Å². The van der Waals surface area contributed by atoms with Gasteiger partial charge in [0.2, 0.25) is 5.91 Å². The van der Waals surface area contributed by atoms with Crippen LogP contribution in [-0.4, -0.2) is 40.1 Å². The Hall–Kier alpha value is -2.87. The van der Waals surface area contributed by atoms with Gasteiger partial charge in [-0.25, -0.2) is 4.98 Å². The van der Waals surface area contributed by atoms with E-state index in [1.165, 1.54) is 0 Å². The summed E-state index contributed by atoms with van der Waals surface area (Å²) in [5.41, 5.74) is 2.53. The van der Waals surface area contributed by atoms with E-state index in [9.17, 15) is 9.59 Å². The molecule has 1 atom stereocenters. The molecule has 1 unspecified atom stereocenters. The van der Waals surface area contributed by atoms with Crippen LogP contribution in [0.4, 0.5) is 10.6 Å². The van der Waals surface area contributed by atoms with Crippen LogP contribution in [0, 0.1) is 0 Å². The predicted molar refractivity (Wildman–Crippen MR) is 104 cm³/mol. The molecule has 2 amide bonds. The highest BCUT2D eigenvalue weighted by Crippen LogP contribution is 2.26. The van der Waals surface area contributed by atoms with Crippen molar-refractivity contribution in [1.29, 1.82) is 0 Å². The third-order valence-corrected chi connectivity index (χ3v) is 5.50.